The second kappa shape index (κ2) is 3.16. The standard InChI is InChI=1S/C8H11N3O2/c1-13-8(12)7-9-5-11(10-7)6-3-2-4-6/h5-6H,2-4H2,1H3. The second-order valence-corrected chi connectivity index (χ2v) is 3.12. The lowest BCUT2D eigenvalue weighted by molar-refractivity contribution is 0.0585. The van der Waals surface area contributed by atoms with Gasteiger partial charge in [0.05, 0.1) is 13.2 Å². The summed E-state index contributed by atoms with van der Waals surface area (Å²) in [5, 5.41) is 4.03. The first kappa shape index (κ1) is 8.22. The van der Waals surface area contributed by atoms with Crippen molar-refractivity contribution >= 4 is 5.97 Å². The topological polar surface area (TPSA) is 57.0 Å². The smallest absolute Gasteiger partial charge is 0.377 e. The molecule has 0 unspecified atom stereocenters. The van der Waals surface area contributed by atoms with Gasteiger partial charge in [-0.1, -0.05) is 0 Å². The summed E-state index contributed by atoms with van der Waals surface area (Å²) in [7, 11) is 1.33. The van der Waals surface area contributed by atoms with Crippen LogP contribution in [0.1, 0.15) is 35.9 Å². The maximum Gasteiger partial charge on any atom is 0.377 e. The number of ether oxygens (including phenoxy) is 1. The minimum atomic E-state index is -0.474. The van der Waals surface area contributed by atoms with Crippen LogP contribution in [0, 0.1) is 0 Å². The lowest BCUT2D eigenvalue weighted by Crippen LogP contribution is -2.18. The van der Waals surface area contributed by atoms with E-state index in [-0.39, 0.29) is 5.82 Å². The Hall–Kier alpha value is -1.39. The van der Waals surface area contributed by atoms with Crippen molar-refractivity contribution in [1.82, 2.24) is 14.8 Å². The largest absolute Gasteiger partial charge is 0.463 e. The van der Waals surface area contributed by atoms with Crippen LogP contribution in [0.2, 0.25) is 0 Å². The monoisotopic (exact) mass is 181 g/mol. The van der Waals surface area contributed by atoms with E-state index < -0.39 is 5.97 Å². The molecule has 1 saturated carbocycles. The molecule has 0 saturated heterocycles. The Morgan fingerprint density at radius 2 is 2.46 bits per heavy atom. The third-order valence-electron chi connectivity index (χ3n) is 2.33. The summed E-state index contributed by atoms with van der Waals surface area (Å²) in [6, 6.07) is 0.436. The van der Waals surface area contributed by atoms with Crippen molar-refractivity contribution in [3.8, 4) is 0 Å². The molecule has 0 atom stereocenters. The zero-order valence-corrected chi connectivity index (χ0v) is 7.43. The summed E-state index contributed by atoms with van der Waals surface area (Å²) in [6.45, 7) is 0. The van der Waals surface area contributed by atoms with E-state index in [1.54, 1.807) is 11.0 Å². The molecule has 0 aliphatic heterocycles. The highest BCUT2D eigenvalue weighted by Crippen LogP contribution is 2.30. The van der Waals surface area contributed by atoms with Crippen molar-refractivity contribution in [3.63, 3.8) is 0 Å². The first-order valence-electron chi connectivity index (χ1n) is 4.30. The van der Waals surface area contributed by atoms with E-state index in [1.165, 1.54) is 13.5 Å². The molecule has 0 amide bonds. The molecule has 13 heavy (non-hydrogen) atoms. The zero-order chi connectivity index (χ0) is 9.26. The Kier molecular flexibility index (Phi) is 2.00. The molecular formula is C8H11N3O2. The normalized spacial score (nSPS) is 16.7. The van der Waals surface area contributed by atoms with Crippen LogP contribution in [-0.2, 0) is 4.74 Å². The van der Waals surface area contributed by atoms with Crippen molar-refractivity contribution in [2.24, 2.45) is 0 Å². The molecule has 1 heterocycles. The van der Waals surface area contributed by atoms with Crippen LogP contribution in [0.4, 0.5) is 0 Å². The van der Waals surface area contributed by atoms with Crippen molar-refractivity contribution in [3.05, 3.63) is 12.2 Å². The lowest BCUT2D eigenvalue weighted by atomic mass is 9.94. The van der Waals surface area contributed by atoms with E-state index in [2.05, 4.69) is 14.8 Å². The number of carbonyl (C=O) groups is 1. The fourth-order valence-electron chi connectivity index (χ4n) is 1.29. The molecule has 0 spiro atoms. The number of carbonyl (C=O) groups excluding carboxylic acids is 1. The Morgan fingerprint density at radius 3 is 3.00 bits per heavy atom. The number of methoxy groups -OCH3 is 1. The third kappa shape index (κ3) is 1.41. The predicted molar refractivity (Wildman–Crippen MR) is 44.2 cm³/mol. The van der Waals surface area contributed by atoms with Crippen LogP contribution in [0.3, 0.4) is 0 Å². The SMILES string of the molecule is COC(=O)c1ncn(C2CCC2)n1. The highest BCUT2D eigenvalue weighted by atomic mass is 16.5. The van der Waals surface area contributed by atoms with E-state index in [4.69, 9.17) is 0 Å². The molecule has 5 nitrogen and oxygen atoms in total. The van der Waals surface area contributed by atoms with Crippen LogP contribution in [0.15, 0.2) is 6.33 Å². The molecule has 0 N–H and O–H groups in total. The van der Waals surface area contributed by atoms with Gasteiger partial charge in [0.15, 0.2) is 0 Å². The molecule has 1 aromatic rings. The van der Waals surface area contributed by atoms with Gasteiger partial charge in [0.25, 0.3) is 5.82 Å². The van der Waals surface area contributed by atoms with Crippen LogP contribution in [0.25, 0.3) is 0 Å². The number of esters is 1. The number of hydrogen-bond donors (Lipinski definition) is 0. The summed E-state index contributed by atoms with van der Waals surface area (Å²) in [5.41, 5.74) is 0. The number of rotatable bonds is 2. The average Bonchev–Trinajstić information content (AvgIpc) is 2.49. The highest BCUT2D eigenvalue weighted by Gasteiger charge is 2.22. The Bertz CT molecular complexity index is 317. The summed E-state index contributed by atoms with van der Waals surface area (Å²) in [5.74, 6) is -0.326. The van der Waals surface area contributed by atoms with E-state index in [1.807, 2.05) is 0 Å². The van der Waals surface area contributed by atoms with E-state index >= 15 is 0 Å². The molecule has 1 aliphatic carbocycles. The summed E-state index contributed by atoms with van der Waals surface area (Å²) in [4.78, 5) is 14.9. The first-order valence-corrected chi connectivity index (χ1v) is 4.30. The Labute approximate surface area is 75.7 Å². The van der Waals surface area contributed by atoms with Gasteiger partial charge in [0.1, 0.15) is 6.33 Å². The second-order valence-electron chi connectivity index (χ2n) is 3.12. The average molecular weight is 181 g/mol. The molecule has 0 radical (unpaired) electrons. The van der Waals surface area contributed by atoms with Gasteiger partial charge >= 0.3 is 5.97 Å². The van der Waals surface area contributed by atoms with Gasteiger partial charge in [-0.3, -0.25) is 0 Å². The summed E-state index contributed by atoms with van der Waals surface area (Å²) >= 11 is 0. The molecule has 70 valence electrons. The van der Waals surface area contributed by atoms with Gasteiger partial charge < -0.3 is 4.74 Å². The molecule has 1 aliphatic rings. The lowest BCUT2D eigenvalue weighted by Gasteiger charge is -2.24. The van der Waals surface area contributed by atoms with Crippen LogP contribution < -0.4 is 0 Å². The minimum absolute atomic E-state index is 0.148. The van der Waals surface area contributed by atoms with Gasteiger partial charge in [-0.25, -0.2) is 14.5 Å². The highest BCUT2D eigenvalue weighted by molar-refractivity contribution is 5.84. The van der Waals surface area contributed by atoms with Gasteiger partial charge in [-0.2, -0.15) is 0 Å². The van der Waals surface area contributed by atoms with Crippen molar-refractivity contribution in [2.45, 2.75) is 25.3 Å². The van der Waals surface area contributed by atoms with E-state index in [0.29, 0.717) is 6.04 Å². The molecular weight excluding hydrogens is 170 g/mol. The number of nitrogens with zero attached hydrogens (tertiary/aromatic N) is 3. The predicted octanol–water partition coefficient (Wildman–Crippen LogP) is 0.790. The maximum absolute atomic E-state index is 11.0. The van der Waals surface area contributed by atoms with Crippen LogP contribution in [0.5, 0.6) is 0 Å². The van der Waals surface area contributed by atoms with Crippen molar-refractivity contribution < 1.29 is 9.53 Å². The minimum Gasteiger partial charge on any atom is -0.463 e. The number of aromatic nitrogens is 3. The molecule has 2 rings (SSSR count). The quantitative estimate of drug-likeness (QED) is 0.633. The summed E-state index contributed by atoms with van der Waals surface area (Å²) < 4.78 is 6.25. The molecule has 1 aromatic heterocycles. The molecule has 0 bridgehead atoms. The van der Waals surface area contributed by atoms with Crippen LogP contribution >= 0.6 is 0 Å². The zero-order valence-electron chi connectivity index (χ0n) is 7.43. The Morgan fingerprint density at radius 1 is 1.69 bits per heavy atom. The van der Waals surface area contributed by atoms with Gasteiger partial charge in [0.2, 0.25) is 0 Å². The molecule has 0 aromatic carbocycles. The van der Waals surface area contributed by atoms with E-state index in [0.717, 1.165) is 12.8 Å². The van der Waals surface area contributed by atoms with Gasteiger partial charge in [-0.15, -0.1) is 5.10 Å². The van der Waals surface area contributed by atoms with Gasteiger partial charge in [-0.05, 0) is 19.3 Å². The van der Waals surface area contributed by atoms with Crippen molar-refractivity contribution in [1.29, 1.82) is 0 Å². The molecule has 1 fully saturated rings. The van der Waals surface area contributed by atoms with Gasteiger partial charge in [0, 0.05) is 0 Å². The van der Waals surface area contributed by atoms with Crippen molar-refractivity contribution in [2.75, 3.05) is 7.11 Å². The fourth-order valence-corrected chi connectivity index (χ4v) is 1.29. The van der Waals surface area contributed by atoms with E-state index in [9.17, 15) is 4.79 Å². The molecule has 5 heteroatoms. The third-order valence-corrected chi connectivity index (χ3v) is 2.33. The summed E-state index contributed by atoms with van der Waals surface area (Å²) in [6.07, 6.45) is 5.09. The first-order chi connectivity index (χ1) is 6.31. The Balaban J connectivity index is 2.12. The number of hydrogen-bond acceptors (Lipinski definition) is 4. The fraction of sp³-hybridized carbons (Fsp3) is 0.625. The van der Waals surface area contributed by atoms with Crippen LogP contribution in [-0.4, -0.2) is 27.8 Å². The maximum atomic E-state index is 11.0.